The van der Waals surface area contributed by atoms with Crippen LogP contribution in [0.15, 0.2) is 17.2 Å². The minimum atomic E-state index is -0.0199. The largest absolute Gasteiger partial charge is 0.293 e. The number of aromatic nitrogens is 2. The summed E-state index contributed by atoms with van der Waals surface area (Å²) in [5.41, 5.74) is 0.795. The summed E-state index contributed by atoms with van der Waals surface area (Å²) < 4.78 is 2.45. The Labute approximate surface area is 110 Å². The van der Waals surface area contributed by atoms with Crippen LogP contribution in [-0.4, -0.2) is 31.5 Å². The maximum absolute atomic E-state index is 11.9. The van der Waals surface area contributed by atoms with Gasteiger partial charge in [-0.1, -0.05) is 24.0 Å². The van der Waals surface area contributed by atoms with Crippen molar-refractivity contribution in [1.82, 2.24) is 14.7 Å². The molecule has 2 rings (SSSR count). The first-order valence-electron chi connectivity index (χ1n) is 5.44. The van der Waals surface area contributed by atoms with Crippen LogP contribution in [0.2, 0.25) is 0 Å². The quantitative estimate of drug-likeness (QED) is 0.621. The molecular weight excluding hydrogens is 254 g/mol. The van der Waals surface area contributed by atoms with Gasteiger partial charge in [-0.25, -0.2) is 0 Å². The number of aryl methyl sites for hydroxylation is 1. The van der Waals surface area contributed by atoms with Crippen LogP contribution in [0.25, 0.3) is 6.08 Å². The molecule has 0 aliphatic carbocycles. The summed E-state index contributed by atoms with van der Waals surface area (Å²) in [6.07, 6.45) is 3.69. The third kappa shape index (κ3) is 2.42. The first-order chi connectivity index (χ1) is 8.15. The zero-order chi connectivity index (χ0) is 12.4. The van der Waals surface area contributed by atoms with Crippen LogP contribution in [0.5, 0.6) is 0 Å². The van der Waals surface area contributed by atoms with Gasteiger partial charge in [0.2, 0.25) is 0 Å². The number of likely N-dealkylation sites (N-methyl/N-ethyl adjacent to an activating group) is 1. The fourth-order valence-electron chi connectivity index (χ4n) is 1.54. The summed E-state index contributed by atoms with van der Waals surface area (Å²) in [4.78, 5) is 14.2. The second-order valence-electron chi connectivity index (χ2n) is 3.52. The second-order valence-corrected chi connectivity index (χ2v) is 5.20. The van der Waals surface area contributed by atoms with Crippen LogP contribution in [0, 0.1) is 0 Å². The molecule has 1 aromatic heterocycles. The average molecular weight is 267 g/mol. The van der Waals surface area contributed by atoms with Gasteiger partial charge in [0.05, 0.1) is 10.6 Å². The van der Waals surface area contributed by atoms with Crippen molar-refractivity contribution in [2.45, 2.75) is 20.4 Å². The summed E-state index contributed by atoms with van der Waals surface area (Å²) in [5.74, 6) is -0.0199. The van der Waals surface area contributed by atoms with Crippen LogP contribution in [0.1, 0.15) is 19.5 Å². The Balaban J connectivity index is 2.23. The number of carbonyl (C=O) groups excluding carboxylic acids is 1. The van der Waals surface area contributed by atoms with Crippen molar-refractivity contribution < 1.29 is 4.79 Å². The van der Waals surface area contributed by atoms with E-state index in [0.717, 1.165) is 12.2 Å². The van der Waals surface area contributed by atoms with Gasteiger partial charge in [0.15, 0.2) is 0 Å². The number of hydrogen-bond acceptors (Lipinski definition) is 4. The number of amides is 1. The van der Waals surface area contributed by atoms with E-state index in [-0.39, 0.29) is 5.91 Å². The third-order valence-corrected chi connectivity index (χ3v) is 3.83. The lowest BCUT2D eigenvalue weighted by Crippen LogP contribution is -2.27. The van der Waals surface area contributed by atoms with Gasteiger partial charge in [-0.3, -0.25) is 14.4 Å². The SMILES string of the molecule is CCN1C(=O)/C(=C\c2ccn(CC)n2)SC1=S. The average Bonchev–Trinajstić information content (AvgIpc) is 2.86. The minimum Gasteiger partial charge on any atom is -0.293 e. The van der Waals surface area contributed by atoms with Crippen molar-refractivity contribution in [3.05, 3.63) is 22.9 Å². The third-order valence-electron chi connectivity index (χ3n) is 2.45. The molecule has 2 heterocycles. The van der Waals surface area contributed by atoms with Crippen molar-refractivity contribution in [3.8, 4) is 0 Å². The van der Waals surface area contributed by atoms with Gasteiger partial charge in [-0.2, -0.15) is 5.10 Å². The van der Waals surface area contributed by atoms with Crippen molar-refractivity contribution >= 4 is 40.3 Å². The lowest BCUT2D eigenvalue weighted by atomic mass is 10.3. The molecule has 0 saturated carbocycles. The molecule has 1 aliphatic rings. The number of hydrogen-bond donors (Lipinski definition) is 0. The van der Waals surface area contributed by atoms with Gasteiger partial charge >= 0.3 is 0 Å². The number of rotatable bonds is 3. The van der Waals surface area contributed by atoms with Crippen molar-refractivity contribution in [2.75, 3.05) is 6.54 Å². The Hall–Kier alpha value is -1.14. The van der Waals surface area contributed by atoms with Crippen molar-refractivity contribution in [1.29, 1.82) is 0 Å². The Bertz CT molecular complexity index is 493. The highest BCUT2D eigenvalue weighted by Gasteiger charge is 2.30. The predicted octanol–water partition coefficient (Wildman–Crippen LogP) is 2.12. The Morgan fingerprint density at radius 1 is 1.47 bits per heavy atom. The molecule has 6 heteroatoms. The van der Waals surface area contributed by atoms with Crippen LogP contribution in [0.3, 0.4) is 0 Å². The molecule has 0 spiro atoms. The molecule has 0 unspecified atom stereocenters. The zero-order valence-electron chi connectivity index (χ0n) is 9.71. The summed E-state index contributed by atoms with van der Waals surface area (Å²) in [5, 5.41) is 4.32. The van der Waals surface area contributed by atoms with Crippen LogP contribution in [0.4, 0.5) is 0 Å². The standard InChI is InChI=1S/C11H13N3OS2/c1-3-13-6-5-8(12-13)7-9-10(15)14(4-2)11(16)17-9/h5-7H,3-4H2,1-2H3/b9-7+. The molecule has 1 fully saturated rings. The molecule has 1 amide bonds. The summed E-state index contributed by atoms with van der Waals surface area (Å²) in [6.45, 7) is 5.38. The highest BCUT2D eigenvalue weighted by atomic mass is 32.2. The van der Waals surface area contributed by atoms with E-state index in [4.69, 9.17) is 12.2 Å². The van der Waals surface area contributed by atoms with E-state index in [9.17, 15) is 4.79 Å². The van der Waals surface area contributed by atoms with E-state index in [1.807, 2.05) is 30.8 Å². The van der Waals surface area contributed by atoms with E-state index in [0.29, 0.717) is 15.8 Å². The van der Waals surface area contributed by atoms with E-state index >= 15 is 0 Å². The number of thioether (sulfide) groups is 1. The smallest absolute Gasteiger partial charge is 0.266 e. The lowest BCUT2D eigenvalue weighted by molar-refractivity contribution is -0.121. The topological polar surface area (TPSA) is 38.1 Å². The van der Waals surface area contributed by atoms with Gasteiger partial charge in [-0.15, -0.1) is 0 Å². The Morgan fingerprint density at radius 3 is 2.76 bits per heavy atom. The summed E-state index contributed by atoms with van der Waals surface area (Å²) >= 11 is 6.48. The fourth-order valence-corrected chi connectivity index (χ4v) is 2.91. The van der Waals surface area contributed by atoms with Crippen LogP contribution < -0.4 is 0 Å². The first kappa shape index (κ1) is 12.3. The zero-order valence-corrected chi connectivity index (χ0v) is 11.3. The highest BCUT2D eigenvalue weighted by Crippen LogP contribution is 2.31. The van der Waals surface area contributed by atoms with Gasteiger partial charge in [0.1, 0.15) is 4.32 Å². The first-order valence-corrected chi connectivity index (χ1v) is 6.67. The number of nitrogens with zero attached hydrogens (tertiary/aromatic N) is 3. The van der Waals surface area contributed by atoms with Crippen molar-refractivity contribution in [3.63, 3.8) is 0 Å². The molecule has 0 N–H and O–H groups in total. The Kier molecular flexibility index (Phi) is 3.63. The minimum absolute atomic E-state index is 0.0199. The molecule has 0 atom stereocenters. The molecule has 4 nitrogen and oxygen atoms in total. The maximum atomic E-state index is 11.9. The van der Waals surface area contributed by atoms with Crippen molar-refractivity contribution in [2.24, 2.45) is 0 Å². The molecule has 1 aromatic rings. The monoisotopic (exact) mass is 267 g/mol. The predicted molar refractivity (Wildman–Crippen MR) is 73.5 cm³/mol. The molecule has 0 bridgehead atoms. The molecule has 1 saturated heterocycles. The van der Waals surface area contributed by atoms with Crippen LogP contribution in [-0.2, 0) is 11.3 Å². The van der Waals surface area contributed by atoms with E-state index < -0.39 is 0 Å². The summed E-state index contributed by atoms with van der Waals surface area (Å²) in [6, 6.07) is 1.89. The van der Waals surface area contributed by atoms with Gasteiger partial charge < -0.3 is 0 Å². The molecule has 90 valence electrons. The number of carbonyl (C=O) groups is 1. The fraction of sp³-hybridized carbons (Fsp3) is 0.364. The molecule has 17 heavy (non-hydrogen) atoms. The molecule has 1 aliphatic heterocycles. The number of thiocarbonyl (C=S) groups is 1. The van der Waals surface area contributed by atoms with Gasteiger partial charge in [-0.05, 0) is 26.0 Å². The van der Waals surface area contributed by atoms with Crippen LogP contribution >= 0.6 is 24.0 Å². The second kappa shape index (κ2) is 5.01. The van der Waals surface area contributed by atoms with Gasteiger partial charge in [0, 0.05) is 19.3 Å². The highest BCUT2D eigenvalue weighted by molar-refractivity contribution is 8.26. The van der Waals surface area contributed by atoms with E-state index in [1.54, 1.807) is 11.0 Å². The van der Waals surface area contributed by atoms with E-state index in [2.05, 4.69) is 5.10 Å². The normalized spacial score (nSPS) is 18.5. The molecule has 0 aromatic carbocycles. The Morgan fingerprint density at radius 2 is 2.24 bits per heavy atom. The maximum Gasteiger partial charge on any atom is 0.266 e. The lowest BCUT2D eigenvalue weighted by Gasteiger charge is -2.09. The van der Waals surface area contributed by atoms with Gasteiger partial charge in [0.25, 0.3) is 5.91 Å². The molecule has 0 radical (unpaired) electrons. The van der Waals surface area contributed by atoms with E-state index in [1.165, 1.54) is 11.8 Å². The molecular formula is C11H13N3OS2. The summed E-state index contributed by atoms with van der Waals surface area (Å²) in [7, 11) is 0.